The molecular weight excluding hydrogens is 312 g/mol. The molecular formula is C20H22N4O. The van der Waals surface area contributed by atoms with Crippen molar-refractivity contribution in [3.63, 3.8) is 0 Å². The lowest BCUT2D eigenvalue weighted by Crippen LogP contribution is -2.25. The molecule has 1 amide bonds. The van der Waals surface area contributed by atoms with E-state index in [0.717, 1.165) is 35.4 Å². The number of amides is 1. The number of hydrogen-bond acceptors (Lipinski definition) is 3. The molecule has 0 aliphatic rings. The Morgan fingerprint density at radius 2 is 1.96 bits per heavy atom. The molecule has 3 aromatic rings. The lowest BCUT2D eigenvalue weighted by molar-refractivity contribution is 0.0954. The molecule has 5 nitrogen and oxygen atoms in total. The minimum absolute atomic E-state index is 0.0684. The Hall–Kier alpha value is -2.95. The predicted molar refractivity (Wildman–Crippen MR) is 98.4 cm³/mol. The number of aryl methyl sites for hydroxylation is 2. The number of hydrogen-bond donors (Lipinski definition) is 2. The molecule has 25 heavy (non-hydrogen) atoms. The van der Waals surface area contributed by atoms with Crippen LogP contribution in [0.25, 0.3) is 11.3 Å². The Kier molecular flexibility index (Phi) is 5.23. The van der Waals surface area contributed by atoms with E-state index >= 15 is 0 Å². The number of pyridine rings is 1. The van der Waals surface area contributed by atoms with Gasteiger partial charge in [-0.25, -0.2) is 0 Å². The van der Waals surface area contributed by atoms with Gasteiger partial charge in [-0.3, -0.25) is 14.9 Å². The summed E-state index contributed by atoms with van der Waals surface area (Å²) in [6, 6.07) is 11.7. The summed E-state index contributed by atoms with van der Waals surface area (Å²) < 4.78 is 0. The van der Waals surface area contributed by atoms with Crippen molar-refractivity contribution in [2.45, 2.75) is 26.7 Å². The SMILES string of the molecule is CCc1nc(-c2ccc(C(=O)NCCc3cn[nH]c3)cc2)ccc1C. The van der Waals surface area contributed by atoms with Crippen LogP contribution in [0, 0.1) is 6.92 Å². The molecule has 0 saturated heterocycles. The number of nitrogens with zero attached hydrogens (tertiary/aromatic N) is 2. The average molecular weight is 334 g/mol. The van der Waals surface area contributed by atoms with Gasteiger partial charge < -0.3 is 5.32 Å². The van der Waals surface area contributed by atoms with Crippen LogP contribution < -0.4 is 5.32 Å². The zero-order valence-electron chi connectivity index (χ0n) is 14.5. The van der Waals surface area contributed by atoms with E-state index in [2.05, 4.69) is 35.4 Å². The van der Waals surface area contributed by atoms with E-state index in [4.69, 9.17) is 4.98 Å². The maximum atomic E-state index is 12.2. The van der Waals surface area contributed by atoms with Gasteiger partial charge in [-0.15, -0.1) is 0 Å². The maximum Gasteiger partial charge on any atom is 0.251 e. The van der Waals surface area contributed by atoms with E-state index < -0.39 is 0 Å². The summed E-state index contributed by atoms with van der Waals surface area (Å²) in [5.41, 5.74) is 6.00. The van der Waals surface area contributed by atoms with Crippen molar-refractivity contribution < 1.29 is 4.79 Å². The van der Waals surface area contributed by atoms with Gasteiger partial charge in [-0.1, -0.05) is 25.1 Å². The van der Waals surface area contributed by atoms with E-state index in [1.807, 2.05) is 36.5 Å². The third kappa shape index (κ3) is 4.12. The van der Waals surface area contributed by atoms with Crippen LogP contribution >= 0.6 is 0 Å². The third-order valence-electron chi connectivity index (χ3n) is 4.23. The highest BCUT2D eigenvalue weighted by Gasteiger charge is 2.07. The molecule has 0 aliphatic carbocycles. The number of carbonyl (C=O) groups excluding carboxylic acids is 1. The van der Waals surface area contributed by atoms with Crippen molar-refractivity contribution in [1.82, 2.24) is 20.5 Å². The van der Waals surface area contributed by atoms with E-state index in [1.165, 1.54) is 5.56 Å². The fraction of sp³-hybridized carbons (Fsp3) is 0.250. The molecule has 1 aromatic carbocycles. The van der Waals surface area contributed by atoms with Crippen molar-refractivity contribution in [3.05, 3.63) is 71.2 Å². The lowest BCUT2D eigenvalue weighted by Gasteiger charge is -2.08. The van der Waals surface area contributed by atoms with Crippen molar-refractivity contribution in [3.8, 4) is 11.3 Å². The molecule has 0 saturated carbocycles. The maximum absolute atomic E-state index is 12.2. The van der Waals surface area contributed by atoms with Crippen molar-refractivity contribution >= 4 is 5.91 Å². The highest BCUT2D eigenvalue weighted by atomic mass is 16.1. The first-order valence-electron chi connectivity index (χ1n) is 8.50. The normalized spacial score (nSPS) is 10.6. The fourth-order valence-corrected chi connectivity index (χ4v) is 2.72. The molecule has 0 bridgehead atoms. The van der Waals surface area contributed by atoms with E-state index in [1.54, 1.807) is 6.20 Å². The Bertz CT molecular complexity index is 839. The van der Waals surface area contributed by atoms with Crippen LogP contribution in [0.3, 0.4) is 0 Å². The minimum atomic E-state index is -0.0684. The van der Waals surface area contributed by atoms with Crippen LogP contribution in [0.1, 0.15) is 34.1 Å². The Morgan fingerprint density at radius 3 is 2.64 bits per heavy atom. The van der Waals surface area contributed by atoms with Gasteiger partial charge >= 0.3 is 0 Å². The van der Waals surface area contributed by atoms with E-state index in [0.29, 0.717) is 12.1 Å². The summed E-state index contributed by atoms with van der Waals surface area (Å²) in [6.07, 6.45) is 5.27. The van der Waals surface area contributed by atoms with Crippen molar-refractivity contribution in [1.29, 1.82) is 0 Å². The second-order valence-corrected chi connectivity index (χ2v) is 6.00. The molecule has 2 aromatic heterocycles. The van der Waals surface area contributed by atoms with E-state index in [9.17, 15) is 4.79 Å². The van der Waals surface area contributed by atoms with Crippen LogP contribution in [0.4, 0.5) is 0 Å². The largest absolute Gasteiger partial charge is 0.352 e. The van der Waals surface area contributed by atoms with Gasteiger partial charge in [0.05, 0.1) is 11.9 Å². The molecule has 0 aliphatic heterocycles. The summed E-state index contributed by atoms with van der Waals surface area (Å²) >= 11 is 0. The van der Waals surface area contributed by atoms with Gasteiger partial charge in [0.2, 0.25) is 0 Å². The quantitative estimate of drug-likeness (QED) is 0.726. The van der Waals surface area contributed by atoms with Gasteiger partial charge in [-0.05, 0) is 49.1 Å². The molecule has 0 atom stereocenters. The molecule has 2 N–H and O–H groups in total. The van der Waals surface area contributed by atoms with Crippen LogP contribution in [0.15, 0.2) is 48.8 Å². The number of aromatic nitrogens is 3. The number of benzene rings is 1. The Balaban J connectivity index is 1.64. The second-order valence-electron chi connectivity index (χ2n) is 6.00. The zero-order valence-corrected chi connectivity index (χ0v) is 14.5. The van der Waals surface area contributed by atoms with E-state index in [-0.39, 0.29) is 5.91 Å². The topological polar surface area (TPSA) is 70.7 Å². The first kappa shape index (κ1) is 16.9. The van der Waals surface area contributed by atoms with Crippen molar-refractivity contribution in [2.75, 3.05) is 6.54 Å². The standard InChI is InChI=1S/C20H22N4O/c1-3-18-14(2)4-9-19(24-18)16-5-7-17(8-6-16)20(25)21-11-10-15-12-22-23-13-15/h4-9,12-13H,3,10-11H2,1-2H3,(H,21,25)(H,22,23). The highest BCUT2D eigenvalue weighted by Crippen LogP contribution is 2.20. The molecule has 128 valence electrons. The van der Waals surface area contributed by atoms with Gasteiger partial charge in [0.25, 0.3) is 5.91 Å². The number of nitrogens with one attached hydrogen (secondary N) is 2. The van der Waals surface area contributed by atoms with Crippen molar-refractivity contribution in [2.24, 2.45) is 0 Å². The first-order chi connectivity index (χ1) is 12.2. The van der Waals surface area contributed by atoms with Crippen LogP contribution in [0.5, 0.6) is 0 Å². The van der Waals surface area contributed by atoms with Crippen LogP contribution in [0.2, 0.25) is 0 Å². The minimum Gasteiger partial charge on any atom is -0.352 e. The lowest BCUT2D eigenvalue weighted by atomic mass is 10.1. The molecule has 5 heteroatoms. The fourth-order valence-electron chi connectivity index (χ4n) is 2.72. The second kappa shape index (κ2) is 7.75. The Morgan fingerprint density at radius 1 is 1.16 bits per heavy atom. The Labute approximate surface area is 147 Å². The smallest absolute Gasteiger partial charge is 0.251 e. The summed E-state index contributed by atoms with van der Waals surface area (Å²) in [5, 5.41) is 9.58. The summed E-state index contributed by atoms with van der Waals surface area (Å²) in [4.78, 5) is 16.9. The average Bonchev–Trinajstić information content (AvgIpc) is 3.15. The predicted octanol–water partition coefficient (Wildman–Crippen LogP) is 3.32. The van der Waals surface area contributed by atoms with Gasteiger partial charge in [0, 0.05) is 29.6 Å². The van der Waals surface area contributed by atoms with Crippen LogP contribution in [-0.2, 0) is 12.8 Å². The number of aromatic amines is 1. The van der Waals surface area contributed by atoms with Gasteiger partial charge in [0.1, 0.15) is 0 Å². The van der Waals surface area contributed by atoms with Gasteiger partial charge in [-0.2, -0.15) is 5.10 Å². The summed E-state index contributed by atoms with van der Waals surface area (Å²) in [7, 11) is 0. The third-order valence-corrected chi connectivity index (χ3v) is 4.23. The number of H-pyrrole nitrogens is 1. The highest BCUT2D eigenvalue weighted by molar-refractivity contribution is 5.94. The monoisotopic (exact) mass is 334 g/mol. The molecule has 2 heterocycles. The number of carbonyl (C=O) groups is 1. The zero-order chi connectivity index (χ0) is 17.6. The molecule has 0 radical (unpaired) electrons. The first-order valence-corrected chi connectivity index (χ1v) is 8.50. The number of rotatable bonds is 6. The molecule has 0 fully saturated rings. The van der Waals surface area contributed by atoms with Crippen LogP contribution in [-0.4, -0.2) is 27.6 Å². The summed E-state index contributed by atoms with van der Waals surface area (Å²) in [5.74, 6) is -0.0684. The molecule has 0 unspecified atom stereocenters. The summed E-state index contributed by atoms with van der Waals surface area (Å²) in [6.45, 7) is 4.77. The molecule has 3 rings (SSSR count). The van der Waals surface area contributed by atoms with Gasteiger partial charge in [0.15, 0.2) is 0 Å². The molecule has 0 spiro atoms.